The van der Waals surface area contributed by atoms with Gasteiger partial charge in [-0.25, -0.2) is 9.97 Å². The van der Waals surface area contributed by atoms with Gasteiger partial charge in [-0.3, -0.25) is 4.40 Å². The molecular formula is C40H22N4. The molecule has 0 saturated heterocycles. The van der Waals surface area contributed by atoms with Gasteiger partial charge >= 0.3 is 0 Å². The molecule has 44 heavy (non-hydrogen) atoms. The van der Waals surface area contributed by atoms with Gasteiger partial charge in [-0.15, -0.1) is 0 Å². The molecule has 6 aromatic carbocycles. The summed E-state index contributed by atoms with van der Waals surface area (Å²) in [5.41, 5.74) is 8.18. The Hall–Kier alpha value is -6.00. The van der Waals surface area contributed by atoms with Gasteiger partial charge in [-0.05, 0) is 52.6 Å². The Balaban J connectivity index is 1.52. The van der Waals surface area contributed by atoms with E-state index in [1.54, 1.807) is 0 Å². The number of benzene rings is 6. The molecule has 11 aromatic rings. The van der Waals surface area contributed by atoms with Crippen LogP contribution in [0, 0.1) is 0 Å². The largest absolute Gasteiger partial charge is 0.353 e. The van der Waals surface area contributed by atoms with Gasteiger partial charge in [0, 0.05) is 43.1 Å². The number of pyridine rings is 2. The maximum atomic E-state index is 5.46. The van der Waals surface area contributed by atoms with Crippen molar-refractivity contribution in [2.45, 2.75) is 0 Å². The van der Waals surface area contributed by atoms with Crippen molar-refractivity contribution in [3.63, 3.8) is 0 Å². The fraction of sp³-hybridized carbons (Fsp3) is 0. The molecule has 0 aliphatic carbocycles. The summed E-state index contributed by atoms with van der Waals surface area (Å²) in [5.74, 6) is 0. The van der Waals surface area contributed by atoms with Gasteiger partial charge in [-0.2, -0.15) is 0 Å². The molecule has 8 bridgehead atoms. The van der Waals surface area contributed by atoms with E-state index in [0.717, 1.165) is 60.4 Å². The normalized spacial score (nSPS) is 12.5. The van der Waals surface area contributed by atoms with E-state index in [-0.39, 0.29) is 0 Å². The quantitative estimate of drug-likeness (QED) is 0.188. The number of H-pyrrole nitrogens is 1. The van der Waals surface area contributed by atoms with Crippen LogP contribution < -0.4 is 0 Å². The molecule has 0 atom stereocenters. The first kappa shape index (κ1) is 22.6. The van der Waals surface area contributed by atoms with E-state index >= 15 is 0 Å². The standard InChI is InChI=1S/C40H22N4/c1-2-8-25-24(7-1)30-17-19-33-32-13-6-12-29-28-11-5-10-23(37(28)43-38(29)32)22-15-16-27-26-9-3-4-14-34(26)44(35(27)21-22)36-20-18-31(25)40(42-36)39(30)41-33/h1-21,43H. The third kappa shape index (κ3) is 2.73. The minimum Gasteiger partial charge on any atom is -0.353 e. The highest BCUT2D eigenvalue weighted by Crippen LogP contribution is 2.38. The van der Waals surface area contributed by atoms with Crippen LogP contribution in [0.3, 0.4) is 0 Å². The van der Waals surface area contributed by atoms with Gasteiger partial charge in [0.15, 0.2) is 0 Å². The second-order valence-corrected chi connectivity index (χ2v) is 11.9. The van der Waals surface area contributed by atoms with Crippen molar-refractivity contribution in [1.29, 1.82) is 0 Å². The Labute approximate surface area is 249 Å². The molecule has 5 aromatic heterocycles. The lowest BCUT2D eigenvalue weighted by Crippen LogP contribution is -1.93. The Morgan fingerprint density at radius 1 is 0.409 bits per heavy atom. The SMILES string of the molecule is c1ccc2c(c1)c1ccc3nc1c1nc(ccc21)n1c2ccccc2c2ccc(cc21)c1cccc2c4cccc3c4[nH]c12. The van der Waals surface area contributed by atoms with Gasteiger partial charge < -0.3 is 4.98 Å². The first-order valence-electron chi connectivity index (χ1n) is 15.0. The van der Waals surface area contributed by atoms with E-state index in [1.165, 1.54) is 43.1 Å². The number of para-hydroxylation sites is 3. The van der Waals surface area contributed by atoms with Gasteiger partial charge in [0.25, 0.3) is 0 Å². The summed E-state index contributed by atoms with van der Waals surface area (Å²) in [5, 5.41) is 12.9. The van der Waals surface area contributed by atoms with E-state index in [2.05, 4.69) is 137 Å². The summed E-state index contributed by atoms with van der Waals surface area (Å²) >= 11 is 0. The molecule has 0 aliphatic rings. The highest BCUT2D eigenvalue weighted by atomic mass is 15.0. The Morgan fingerprint density at radius 3 is 1.82 bits per heavy atom. The first-order chi connectivity index (χ1) is 21.8. The van der Waals surface area contributed by atoms with Crippen LogP contribution >= 0.6 is 0 Å². The molecule has 4 nitrogen and oxygen atoms in total. The molecule has 0 fully saturated rings. The number of hydrogen-bond donors (Lipinski definition) is 1. The molecule has 0 spiro atoms. The Bertz CT molecular complexity index is 3050. The summed E-state index contributed by atoms with van der Waals surface area (Å²) in [6, 6.07) is 46.0. The zero-order valence-corrected chi connectivity index (χ0v) is 23.5. The average molecular weight is 559 g/mol. The zero-order chi connectivity index (χ0) is 28.5. The van der Waals surface area contributed by atoms with Crippen molar-refractivity contribution >= 4 is 104 Å². The van der Waals surface area contributed by atoms with Crippen LogP contribution in [-0.2, 0) is 0 Å². The van der Waals surface area contributed by atoms with E-state index in [9.17, 15) is 0 Å². The number of rotatable bonds is 0. The Morgan fingerprint density at radius 2 is 1.00 bits per heavy atom. The van der Waals surface area contributed by atoms with Crippen LogP contribution in [0.15, 0.2) is 127 Å². The smallest absolute Gasteiger partial charge is 0.138 e. The van der Waals surface area contributed by atoms with E-state index in [0.29, 0.717) is 0 Å². The first-order valence-corrected chi connectivity index (χ1v) is 15.0. The number of nitrogens with zero attached hydrogens (tertiary/aromatic N) is 3. The molecule has 1 N–H and O–H groups in total. The molecule has 0 saturated carbocycles. The van der Waals surface area contributed by atoms with Crippen LogP contribution in [0.1, 0.15) is 0 Å². The summed E-state index contributed by atoms with van der Waals surface area (Å²) < 4.78 is 2.32. The van der Waals surface area contributed by atoms with Crippen molar-refractivity contribution in [2.24, 2.45) is 0 Å². The van der Waals surface area contributed by atoms with Gasteiger partial charge in [0.2, 0.25) is 0 Å². The average Bonchev–Trinajstić information content (AvgIpc) is 3.63. The predicted molar refractivity (Wildman–Crippen MR) is 185 cm³/mol. The number of fused-ring (bicyclic) bond motifs is 13. The molecule has 0 radical (unpaired) electrons. The van der Waals surface area contributed by atoms with Crippen molar-refractivity contribution in [1.82, 2.24) is 19.4 Å². The summed E-state index contributed by atoms with van der Waals surface area (Å²) in [7, 11) is 0. The second-order valence-electron chi connectivity index (χ2n) is 11.9. The molecular weight excluding hydrogens is 536 g/mol. The Kier molecular flexibility index (Phi) is 4.04. The number of aromatic nitrogens is 4. The lowest BCUT2D eigenvalue weighted by molar-refractivity contribution is 1.26. The van der Waals surface area contributed by atoms with Crippen molar-refractivity contribution in [3.05, 3.63) is 127 Å². The molecule has 5 heterocycles. The second kappa shape index (κ2) is 7.88. The van der Waals surface area contributed by atoms with Crippen molar-refractivity contribution in [2.75, 3.05) is 0 Å². The van der Waals surface area contributed by atoms with Crippen LogP contribution in [0.2, 0.25) is 0 Å². The highest BCUT2D eigenvalue weighted by Gasteiger charge is 2.16. The summed E-state index contributed by atoms with van der Waals surface area (Å²) in [4.78, 5) is 14.7. The third-order valence-electron chi connectivity index (χ3n) is 9.67. The van der Waals surface area contributed by atoms with Gasteiger partial charge in [0.1, 0.15) is 5.65 Å². The maximum absolute atomic E-state index is 5.46. The molecule has 0 aliphatic heterocycles. The van der Waals surface area contributed by atoms with Crippen LogP contribution in [0.4, 0.5) is 0 Å². The predicted octanol–water partition coefficient (Wildman–Crippen LogP) is 10.4. The van der Waals surface area contributed by atoms with Gasteiger partial charge in [-0.1, -0.05) is 91.0 Å². The van der Waals surface area contributed by atoms with Crippen LogP contribution in [-0.4, -0.2) is 19.4 Å². The minimum atomic E-state index is 0.890. The summed E-state index contributed by atoms with van der Waals surface area (Å²) in [6.07, 6.45) is 0. The highest BCUT2D eigenvalue weighted by molar-refractivity contribution is 6.25. The summed E-state index contributed by atoms with van der Waals surface area (Å²) in [6.45, 7) is 0. The molecule has 202 valence electrons. The number of aromatic amines is 1. The number of hydrogen-bond acceptors (Lipinski definition) is 2. The van der Waals surface area contributed by atoms with Crippen molar-refractivity contribution in [3.8, 4) is 0 Å². The van der Waals surface area contributed by atoms with Crippen LogP contribution in [0.25, 0.3) is 104 Å². The lowest BCUT2D eigenvalue weighted by Gasteiger charge is -2.10. The molecule has 0 unspecified atom stereocenters. The third-order valence-corrected chi connectivity index (χ3v) is 9.67. The van der Waals surface area contributed by atoms with E-state index in [4.69, 9.17) is 9.97 Å². The zero-order valence-electron chi connectivity index (χ0n) is 23.5. The molecule has 11 rings (SSSR count). The monoisotopic (exact) mass is 558 g/mol. The fourth-order valence-corrected chi connectivity index (χ4v) is 7.72. The van der Waals surface area contributed by atoms with Crippen molar-refractivity contribution < 1.29 is 0 Å². The fourth-order valence-electron chi connectivity index (χ4n) is 7.72. The topological polar surface area (TPSA) is 46.0 Å². The maximum Gasteiger partial charge on any atom is 0.138 e. The lowest BCUT2D eigenvalue weighted by atomic mass is 9.99. The molecule has 4 heteroatoms. The van der Waals surface area contributed by atoms with E-state index in [1.807, 2.05) is 0 Å². The van der Waals surface area contributed by atoms with E-state index < -0.39 is 0 Å². The van der Waals surface area contributed by atoms with Crippen LogP contribution in [0.5, 0.6) is 0 Å². The van der Waals surface area contributed by atoms with Gasteiger partial charge in [0.05, 0.1) is 38.6 Å². The number of nitrogens with one attached hydrogen (secondary N) is 1. The minimum absolute atomic E-state index is 0.890. The molecule has 0 amide bonds.